The maximum Gasteiger partial charge on any atom is 0.329 e. The van der Waals surface area contributed by atoms with Gasteiger partial charge in [-0.25, -0.2) is 9.78 Å². The van der Waals surface area contributed by atoms with Gasteiger partial charge in [0.15, 0.2) is 11.6 Å². The summed E-state index contributed by atoms with van der Waals surface area (Å²) >= 11 is 0. The fourth-order valence-corrected chi connectivity index (χ4v) is 8.78. The number of imide groups is 1. The third-order valence-electron chi connectivity index (χ3n) is 11.7. The molecule has 3 aliphatic rings. The van der Waals surface area contributed by atoms with Crippen molar-refractivity contribution in [2.45, 2.75) is 76.4 Å². The summed E-state index contributed by atoms with van der Waals surface area (Å²) < 4.78 is 16.1. The molecular weight excluding hydrogens is 690 g/mol. The summed E-state index contributed by atoms with van der Waals surface area (Å²) in [5, 5.41) is 11.1. The first-order chi connectivity index (χ1) is 26.1. The molecule has 5 aromatic rings. The van der Waals surface area contributed by atoms with Crippen LogP contribution in [0, 0.1) is 12.8 Å². The fraction of sp³-hybridized carbons (Fsp3) is 0.487. The van der Waals surface area contributed by atoms with Gasteiger partial charge in [-0.3, -0.25) is 33.5 Å². The van der Waals surface area contributed by atoms with Gasteiger partial charge in [0.25, 0.3) is 5.91 Å². The number of oxazole rings is 1. The lowest BCUT2D eigenvalue weighted by molar-refractivity contribution is -0.135. The van der Waals surface area contributed by atoms with Crippen molar-refractivity contribution < 1.29 is 23.5 Å². The number of methoxy groups -OCH3 is 1. The van der Waals surface area contributed by atoms with Crippen LogP contribution in [0.1, 0.15) is 79.8 Å². The monoisotopic (exact) mass is 737 g/mol. The number of piperidine rings is 2. The van der Waals surface area contributed by atoms with Crippen molar-refractivity contribution >= 4 is 51.0 Å². The maximum atomic E-state index is 13.4. The lowest BCUT2D eigenvalue weighted by Crippen LogP contribution is -2.45. The van der Waals surface area contributed by atoms with E-state index in [2.05, 4.69) is 49.4 Å². The van der Waals surface area contributed by atoms with E-state index in [4.69, 9.17) is 14.3 Å². The van der Waals surface area contributed by atoms with Gasteiger partial charge >= 0.3 is 5.69 Å². The van der Waals surface area contributed by atoms with E-state index in [-0.39, 0.29) is 29.6 Å². The molecule has 3 amide bonds. The lowest BCUT2D eigenvalue weighted by atomic mass is 9.85. The highest BCUT2D eigenvalue weighted by atomic mass is 16.5. The first kappa shape index (κ1) is 35.6. The number of anilines is 2. The normalized spacial score (nSPS) is 21.3. The van der Waals surface area contributed by atoms with Crippen LogP contribution >= 0.6 is 0 Å². The Hall–Kier alpha value is -5.44. The van der Waals surface area contributed by atoms with Crippen LogP contribution in [0.4, 0.5) is 11.4 Å². The average Bonchev–Trinajstić information content (AvgIpc) is 3.87. The van der Waals surface area contributed by atoms with Crippen molar-refractivity contribution in [2.75, 3.05) is 44.0 Å². The number of para-hydroxylation sites is 1. The lowest BCUT2D eigenvalue weighted by Gasteiger charge is -2.40. The molecular formula is C39H47N9O6. The van der Waals surface area contributed by atoms with Gasteiger partial charge in [0.05, 0.1) is 41.1 Å². The number of fused-ring (bicyclic) bond motifs is 2. The predicted octanol–water partition coefficient (Wildman–Crippen LogP) is 4.56. The van der Waals surface area contributed by atoms with E-state index < -0.39 is 11.9 Å². The van der Waals surface area contributed by atoms with Gasteiger partial charge in [0.2, 0.25) is 11.8 Å². The van der Waals surface area contributed by atoms with E-state index in [1.54, 1.807) is 30.2 Å². The number of aryl methyl sites for hydroxylation is 2. The molecule has 1 saturated carbocycles. The van der Waals surface area contributed by atoms with E-state index in [1.807, 2.05) is 24.3 Å². The van der Waals surface area contributed by atoms with E-state index in [0.29, 0.717) is 41.8 Å². The fourth-order valence-electron chi connectivity index (χ4n) is 8.78. The summed E-state index contributed by atoms with van der Waals surface area (Å²) in [6, 6.07) is 9.76. The molecule has 5 heterocycles. The molecule has 284 valence electrons. The van der Waals surface area contributed by atoms with Gasteiger partial charge in [0, 0.05) is 63.7 Å². The predicted molar refractivity (Wildman–Crippen MR) is 203 cm³/mol. The molecule has 2 aliphatic heterocycles. The molecule has 0 bridgehead atoms. The molecule has 15 heteroatoms. The van der Waals surface area contributed by atoms with Crippen molar-refractivity contribution in [3.05, 3.63) is 64.9 Å². The van der Waals surface area contributed by atoms with E-state index in [9.17, 15) is 19.2 Å². The highest BCUT2D eigenvalue weighted by Gasteiger charge is 2.33. The van der Waals surface area contributed by atoms with Crippen molar-refractivity contribution in [1.82, 2.24) is 34.1 Å². The molecule has 8 rings (SSSR count). The SMILES string of the molecule is COc1cc2nn([C@H]3CC[C@H](CN(C)C4CCN(c5cccc6c5n(C)c(=O)n6C5CCC(=O)NC5=O)CC4)CC3)cc2cc1NC(=O)c1coc(C)n1. The number of ether oxygens (including phenoxy) is 1. The number of amides is 3. The minimum Gasteiger partial charge on any atom is -0.494 e. The maximum absolute atomic E-state index is 13.4. The van der Waals surface area contributed by atoms with Gasteiger partial charge in [0.1, 0.15) is 18.1 Å². The summed E-state index contributed by atoms with van der Waals surface area (Å²) in [7, 11) is 5.59. The number of aromatic nitrogens is 5. The highest BCUT2D eigenvalue weighted by molar-refractivity contribution is 6.05. The highest BCUT2D eigenvalue weighted by Crippen LogP contribution is 2.37. The van der Waals surface area contributed by atoms with Gasteiger partial charge in [-0.1, -0.05) is 6.07 Å². The Morgan fingerprint density at radius 3 is 2.56 bits per heavy atom. The molecule has 1 aliphatic carbocycles. The summed E-state index contributed by atoms with van der Waals surface area (Å²) in [6.07, 6.45) is 10.4. The Morgan fingerprint density at radius 2 is 1.85 bits per heavy atom. The molecule has 3 fully saturated rings. The van der Waals surface area contributed by atoms with Gasteiger partial charge in [-0.2, -0.15) is 5.10 Å². The molecule has 54 heavy (non-hydrogen) atoms. The van der Waals surface area contributed by atoms with Gasteiger partial charge < -0.3 is 24.3 Å². The van der Waals surface area contributed by atoms with Crippen LogP contribution in [0.2, 0.25) is 0 Å². The number of rotatable bonds is 9. The van der Waals surface area contributed by atoms with E-state index in [0.717, 1.165) is 85.8 Å². The standard InChI is InChI=1S/C39H47N9O6/c1-23-40-30(22-54-23)37(50)41-29-18-25-21-47(43-28(25)19-34(29)53-4)27-10-8-24(9-11-27)20-44(2)26-14-16-46(17-15-26)31-6-5-7-32-36(31)45(3)39(52)48(32)33-12-13-35(49)42-38(33)51/h5-7,18-19,21-22,24,26-27,33H,8-17,20H2,1-4H3,(H,41,50)(H,42,49,51)/t24-,27-,33?. The summed E-state index contributed by atoms with van der Waals surface area (Å²) in [4.78, 5) is 59.7. The molecule has 2 saturated heterocycles. The summed E-state index contributed by atoms with van der Waals surface area (Å²) in [5.74, 6) is 0.496. The van der Waals surface area contributed by atoms with Gasteiger partial charge in [-0.05, 0) is 76.1 Å². The van der Waals surface area contributed by atoms with Crippen LogP contribution in [0.15, 0.2) is 52.0 Å². The number of nitrogens with one attached hydrogen (secondary N) is 2. The van der Waals surface area contributed by atoms with E-state index in [1.165, 1.54) is 6.26 Å². The number of benzene rings is 2. The molecule has 1 atom stereocenters. The number of carbonyl (C=O) groups excluding carboxylic acids is 3. The minimum absolute atomic E-state index is 0.210. The molecule has 2 N–H and O–H groups in total. The molecule has 15 nitrogen and oxygen atoms in total. The second-order valence-corrected chi connectivity index (χ2v) is 15.1. The van der Waals surface area contributed by atoms with Crippen molar-refractivity contribution in [3.8, 4) is 5.75 Å². The van der Waals surface area contributed by atoms with Crippen LogP contribution < -0.4 is 26.0 Å². The number of nitrogens with zero attached hydrogens (tertiary/aromatic N) is 7. The van der Waals surface area contributed by atoms with Crippen LogP contribution in [-0.4, -0.2) is 86.4 Å². The van der Waals surface area contributed by atoms with Crippen molar-refractivity contribution in [2.24, 2.45) is 13.0 Å². The number of imidazole rings is 1. The number of carbonyl (C=O) groups is 3. The van der Waals surface area contributed by atoms with Crippen LogP contribution in [-0.2, 0) is 16.6 Å². The topological polar surface area (TPSA) is 162 Å². The average molecular weight is 738 g/mol. The molecule has 3 aromatic heterocycles. The first-order valence-electron chi connectivity index (χ1n) is 18.9. The van der Waals surface area contributed by atoms with E-state index >= 15 is 0 Å². The Labute approximate surface area is 312 Å². The molecule has 2 aromatic carbocycles. The Bertz CT molecular complexity index is 2290. The summed E-state index contributed by atoms with van der Waals surface area (Å²) in [6.45, 7) is 4.50. The summed E-state index contributed by atoms with van der Waals surface area (Å²) in [5.41, 5.74) is 3.89. The second-order valence-electron chi connectivity index (χ2n) is 15.1. The molecule has 0 radical (unpaired) electrons. The first-order valence-corrected chi connectivity index (χ1v) is 18.9. The zero-order chi connectivity index (χ0) is 37.7. The zero-order valence-electron chi connectivity index (χ0n) is 31.2. The van der Waals surface area contributed by atoms with Crippen LogP contribution in [0.25, 0.3) is 21.9 Å². The Kier molecular flexibility index (Phi) is 9.50. The van der Waals surface area contributed by atoms with Crippen molar-refractivity contribution in [3.63, 3.8) is 0 Å². The number of hydrogen-bond acceptors (Lipinski definition) is 10. The number of hydrogen-bond donors (Lipinski definition) is 2. The molecule has 0 spiro atoms. The van der Waals surface area contributed by atoms with Crippen LogP contribution in [0.5, 0.6) is 5.75 Å². The molecule has 1 unspecified atom stereocenters. The zero-order valence-corrected chi connectivity index (χ0v) is 31.2. The Morgan fingerprint density at radius 1 is 1.07 bits per heavy atom. The van der Waals surface area contributed by atoms with Crippen LogP contribution in [0.3, 0.4) is 0 Å². The second kappa shape index (κ2) is 14.4. The quantitative estimate of drug-likeness (QED) is 0.205. The van der Waals surface area contributed by atoms with Crippen molar-refractivity contribution in [1.29, 1.82) is 0 Å². The minimum atomic E-state index is -0.697. The third-order valence-corrected chi connectivity index (χ3v) is 11.7. The smallest absolute Gasteiger partial charge is 0.329 e. The van der Waals surface area contributed by atoms with Gasteiger partial charge in [-0.15, -0.1) is 0 Å². The Balaban J connectivity index is 0.867. The largest absolute Gasteiger partial charge is 0.494 e. The third kappa shape index (κ3) is 6.65.